The van der Waals surface area contributed by atoms with Gasteiger partial charge in [0.1, 0.15) is 12.2 Å². The Morgan fingerprint density at radius 2 is 1.35 bits per heavy atom. The first-order valence-corrected chi connectivity index (χ1v) is 6.91. The number of rotatable bonds is 4. The van der Waals surface area contributed by atoms with E-state index >= 15 is 0 Å². The van der Waals surface area contributed by atoms with E-state index in [-0.39, 0.29) is 18.2 Å². The highest BCUT2D eigenvalue weighted by Gasteiger charge is 2.34. The van der Waals surface area contributed by atoms with Crippen LogP contribution in [-0.4, -0.2) is 56.1 Å². The van der Waals surface area contributed by atoms with Crippen LogP contribution in [0.3, 0.4) is 0 Å². The molecule has 0 radical (unpaired) electrons. The quantitative estimate of drug-likeness (QED) is 0.791. The maximum atomic E-state index is 11.7. The third kappa shape index (κ3) is 4.59. The van der Waals surface area contributed by atoms with Gasteiger partial charge in [0, 0.05) is 13.1 Å². The summed E-state index contributed by atoms with van der Waals surface area (Å²) in [5.41, 5.74) is 0. The number of hydrogen-bond acceptors (Lipinski definition) is 5. The molecule has 0 saturated carbocycles. The lowest BCUT2D eigenvalue weighted by Gasteiger charge is -2.18. The zero-order valence-electron chi connectivity index (χ0n) is 12.5. The van der Waals surface area contributed by atoms with Crippen molar-refractivity contribution in [2.75, 3.05) is 26.3 Å². The topological polar surface area (TPSA) is 78.1 Å². The average molecular weight is 288 g/mol. The fourth-order valence-corrected chi connectivity index (χ4v) is 2.20. The summed E-state index contributed by atoms with van der Waals surface area (Å²) in [6, 6.07) is -0.244. The number of hydrogen-bond donors (Lipinski definition) is 2. The minimum atomic E-state index is -0.566. The maximum Gasteiger partial charge on any atom is 0.314 e. The van der Waals surface area contributed by atoms with E-state index in [2.05, 4.69) is 10.6 Å². The smallest absolute Gasteiger partial charge is 0.314 e. The van der Waals surface area contributed by atoms with Crippen LogP contribution in [0.15, 0.2) is 0 Å². The third-order valence-corrected chi connectivity index (χ3v) is 3.12. The number of carbonyl (C=O) groups is 1. The van der Waals surface area contributed by atoms with Crippen LogP contribution < -0.4 is 10.6 Å². The molecule has 0 spiro atoms. The molecule has 2 fully saturated rings. The first kappa shape index (κ1) is 15.5. The zero-order chi connectivity index (χ0) is 14.8. The molecule has 2 N–H and O–H groups in total. The fourth-order valence-electron chi connectivity index (χ4n) is 2.20. The van der Waals surface area contributed by atoms with Gasteiger partial charge in [-0.15, -0.1) is 0 Å². The van der Waals surface area contributed by atoms with Crippen LogP contribution in [0.4, 0.5) is 4.79 Å². The predicted molar refractivity (Wildman–Crippen MR) is 71.2 cm³/mol. The van der Waals surface area contributed by atoms with Crippen LogP contribution in [0.2, 0.25) is 0 Å². The maximum absolute atomic E-state index is 11.7. The monoisotopic (exact) mass is 288 g/mol. The van der Waals surface area contributed by atoms with Crippen LogP contribution in [-0.2, 0) is 18.9 Å². The number of urea groups is 1. The lowest BCUT2D eigenvalue weighted by Crippen LogP contribution is -2.43. The molecule has 2 aliphatic heterocycles. The van der Waals surface area contributed by atoms with Crippen molar-refractivity contribution in [1.82, 2.24) is 10.6 Å². The van der Waals surface area contributed by atoms with E-state index < -0.39 is 11.6 Å². The Labute approximate surface area is 119 Å². The van der Waals surface area contributed by atoms with Crippen molar-refractivity contribution in [2.24, 2.45) is 0 Å². The summed E-state index contributed by atoms with van der Waals surface area (Å²) < 4.78 is 22.0. The number of nitrogens with one attached hydrogen (secondary N) is 2. The normalized spacial score (nSPS) is 31.2. The molecule has 116 valence electrons. The minimum Gasteiger partial charge on any atom is -0.348 e. The summed E-state index contributed by atoms with van der Waals surface area (Å²) >= 11 is 0. The molecule has 0 aromatic carbocycles. The van der Waals surface area contributed by atoms with Crippen molar-refractivity contribution in [3.8, 4) is 0 Å². The van der Waals surface area contributed by atoms with Gasteiger partial charge in [-0.3, -0.25) is 0 Å². The molecule has 2 atom stereocenters. The van der Waals surface area contributed by atoms with Crippen LogP contribution in [0, 0.1) is 0 Å². The van der Waals surface area contributed by atoms with E-state index in [1.807, 2.05) is 27.7 Å². The van der Waals surface area contributed by atoms with E-state index in [4.69, 9.17) is 18.9 Å². The van der Waals surface area contributed by atoms with Gasteiger partial charge in [0.05, 0.1) is 13.2 Å². The van der Waals surface area contributed by atoms with Crippen molar-refractivity contribution in [3.05, 3.63) is 0 Å². The first-order valence-electron chi connectivity index (χ1n) is 6.91. The van der Waals surface area contributed by atoms with Gasteiger partial charge >= 0.3 is 6.03 Å². The highest BCUT2D eigenvalue weighted by atomic mass is 16.7. The molecule has 0 aromatic rings. The van der Waals surface area contributed by atoms with E-state index in [1.54, 1.807) is 0 Å². The van der Waals surface area contributed by atoms with E-state index in [0.717, 1.165) is 0 Å². The first-order chi connectivity index (χ1) is 9.26. The highest BCUT2D eigenvalue weighted by molar-refractivity contribution is 5.73. The SMILES string of the molecule is CC1(C)OCC(CNC(=O)NCC2COC(C)(C)O2)O1. The Kier molecular flexibility index (Phi) is 4.53. The molecule has 2 rings (SSSR count). The van der Waals surface area contributed by atoms with E-state index in [0.29, 0.717) is 26.3 Å². The summed E-state index contributed by atoms with van der Waals surface area (Å²) in [7, 11) is 0. The molecular weight excluding hydrogens is 264 g/mol. The number of ether oxygens (including phenoxy) is 4. The summed E-state index contributed by atoms with van der Waals surface area (Å²) in [6.07, 6.45) is -0.221. The van der Waals surface area contributed by atoms with Gasteiger partial charge in [-0.2, -0.15) is 0 Å². The highest BCUT2D eigenvalue weighted by Crippen LogP contribution is 2.22. The summed E-state index contributed by atoms with van der Waals surface area (Å²) in [4.78, 5) is 11.7. The second-order valence-electron chi connectivity index (χ2n) is 5.99. The largest absolute Gasteiger partial charge is 0.348 e. The Morgan fingerprint density at radius 1 is 0.950 bits per heavy atom. The summed E-state index contributed by atoms with van der Waals surface area (Å²) in [5.74, 6) is -1.13. The molecule has 2 saturated heterocycles. The molecule has 2 unspecified atom stereocenters. The van der Waals surface area contributed by atoms with Crippen LogP contribution >= 0.6 is 0 Å². The van der Waals surface area contributed by atoms with Crippen molar-refractivity contribution in [3.63, 3.8) is 0 Å². The Hall–Kier alpha value is -0.890. The molecule has 0 bridgehead atoms. The Bertz CT molecular complexity index is 327. The molecule has 2 heterocycles. The van der Waals surface area contributed by atoms with Gasteiger partial charge in [-0.1, -0.05) is 0 Å². The van der Waals surface area contributed by atoms with Crippen molar-refractivity contribution in [1.29, 1.82) is 0 Å². The Balaban J connectivity index is 1.59. The minimum absolute atomic E-state index is 0.110. The predicted octanol–water partition coefficient (Wildman–Crippen LogP) is 0.589. The lowest BCUT2D eigenvalue weighted by molar-refractivity contribution is -0.137. The third-order valence-electron chi connectivity index (χ3n) is 3.12. The lowest BCUT2D eigenvalue weighted by atomic mass is 10.3. The molecular formula is C13H24N2O5. The standard InChI is InChI=1S/C13H24N2O5/c1-12(2)17-7-9(19-12)5-14-11(16)15-6-10-8-18-13(3,4)20-10/h9-10H,5-8H2,1-4H3,(H2,14,15,16). The fraction of sp³-hybridized carbons (Fsp3) is 0.923. The average Bonchev–Trinajstić information content (AvgIpc) is 2.86. The molecule has 0 aliphatic carbocycles. The van der Waals surface area contributed by atoms with Crippen molar-refractivity contribution < 1.29 is 23.7 Å². The number of amides is 2. The van der Waals surface area contributed by atoms with Gasteiger partial charge in [0.25, 0.3) is 0 Å². The summed E-state index contributed by atoms with van der Waals surface area (Å²) in [5, 5.41) is 5.51. The van der Waals surface area contributed by atoms with Crippen molar-refractivity contribution in [2.45, 2.75) is 51.5 Å². The molecule has 2 amide bonds. The second-order valence-corrected chi connectivity index (χ2v) is 5.99. The molecule has 20 heavy (non-hydrogen) atoms. The molecule has 7 nitrogen and oxygen atoms in total. The molecule has 2 aliphatic rings. The van der Waals surface area contributed by atoms with Crippen molar-refractivity contribution >= 4 is 6.03 Å². The van der Waals surface area contributed by atoms with Crippen LogP contribution in [0.1, 0.15) is 27.7 Å². The van der Waals surface area contributed by atoms with Gasteiger partial charge in [-0.05, 0) is 27.7 Å². The number of carbonyl (C=O) groups excluding carboxylic acids is 1. The van der Waals surface area contributed by atoms with E-state index in [1.165, 1.54) is 0 Å². The Morgan fingerprint density at radius 3 is 1.65 bits per heavy atom. The van der Waals surface area contributed by atoms with Gasteiger partial charge < -0.3 is 29.6 Å². The van der Waals surface area contributed by atoms with Gasteiger partial charge in [0.2, 0.25) is 0 Å². The summed E-state index contributed by atoms with van der Waals surface area (Å²) in [6.45, 7) is 9.23. The zero-order valence-corrected chi connectivity index (χ0v) is 12.5. The van der Waals surface area contributed by atoms with Crippen LogP contribution in [0.25, 0.3) is 0 Å². The van der Waals surface area contributed by atoms with Gasteiger partial charge in [-0.25, -0.2) is 4.79 Å². The second kappa shape index (κ2) is 5.85. The van der Waals surface area contributed by atoms with Gasteiger partial charge in [0.15, 0.2) is 11.6 Å². The van der Waals surface area contributed by atoms with E-state index in [9.17, 15) is 4.79 Å². The molecule has 0 aromatic heterocycles. The molecule has 7 heteroatoms. The van der Waals surface area contributed by atoms with Crippen LogP contribution in [0.5, 0.6) is 0 Å².